The van der Waals surface area contributed by atoms with E-state index in [1.165, 1.54) is 0 Å². The third-order valence-corrected chi connectivity index (χ3v) is 7.40. The molecule has 238 valence electrons. The van der Waals surface area contributed by atoms with Gasteiger partial charge in [-0.2, -0.15) is 9.98 Å². The standard InChI is InChI=1S/C30H46Br2N10.ClH/c1-5-41(6-2)29(39-27(33)37-25-17-13-23(31)14-18-25)35-21-11-9-10-12-22-36-30(42(7-3)8-4)40-28(34)38-26-19-15-24(32)16-20-26;/h13-20H,5-12,21-22H2,1-4H3,(H3,33,35,37,39)(H3,34,36,38,40);1H. The highest BCUT2D eigenvalue weighted by Crippen LogP contribution is 2.15. The molecule has 10 nitrogen and oxygen atoms in total. The summed E-state index contributed by atoms with van der Waals surface area (Å²) in [6.07, 6.45) is 4.04. The van der Waals surface area contributed by atoms with Crippen molar-refractivity contribution in [1.29, 1.82) is 0 Å². The Labute approximate surface area is 280 Å². The number of hydrogen-bond acceptors (Lipinski definition) is 2. The van der Waals surface area contributed by atoms with Crippen molar-refractivity contribution in [1.82, 2.24) is 9.80 Å². The van der Waals surface area contributed by atoms with Gasteiger partial charge in [-0.25, -0.2) is 0 Å². The van der Waals surface area contributed by atoms with Gasteiger partial charge in [0, 0.05) is 59.6 Å². The largest absolute Gasteiger partial charge is 0.369 e. The van der Waals surface area contributed by atoms with Gasteiger partial charge in [-0.1, -0.05) is 44.7 Å². The molecule has 0 unspecified atom stereocenters. The van der Waals surface area contributed by atoms with Gasteiger partial charge < -0.3 is 31.9 Å². The Hall–Kier alpha value is -2.83. The van der Waals surface area contributed by atoms with Crippen LogP contribution in [0.2, 0.25) is 0 Å². The second-order valence-corrected chi connectivity index (χ2v) is 11.2. The van der Waals surface area contributed by atoms with E-state index in [1.54, 1.807) is 0 Å². The summed E-state index contributed by atoms with van der Waals surface area (Å²) >= 11 is 6.89. The van der Waals surface area contributed by atoms with Crippen molar-refractivity contribution < 1.29 is 0 Å². The molecule has 0 saturated heterocycles. The van der Waals surface area contributed by atoms with Crippen LogP contribution in [0.5, 0.6) is 0 Å². The Morgan fingerprint density at radius 1 is 0.605 bits per heavy atom. The highest BCUT2D eigenvalue weighted by atomic mass is 79.9. The van der Waals surface area contributed by atoms with Gasteiger partial charge in [-0.15, -0.1) is 12.4 Å². The smallest absolute Gasteiger partial charge is 0.223 e. The Morgan fingerprint density at radius 3 is 1.23 bits per heavy atom. The molecule has 43 heavy (non-hydrogen) atoms. The van der Waals surface area contributed by atoms with Crippen LogP contribution < -0.4 is 22.1 Å². The van der Waals surface area contributed by atoms with Gasteiger partial charge in [-0.3, -0.25) is 9.98 Å². The van der Waals surface area contributed by atoms with Crippen LogP contribution in [0.25, 0.3) is 0 Å². The van der Waals surface area contributed by atoms with E-state index < -0.39 is 0 Å². The summed E-state index contributed by atoms with van der Waals surface area (Å²) in [6.45, 7) is 13.0. The normalized spacial score (nSPS) is 12.5. The molecule has 0 saturated carbocycles. The number of rotatable bonds is 13. The van der Waals surface area contributed by atoms with Crippen LogP contribution >= 0.6 is 44.3 Å². The van der Waals surface area contributed by atoms with Crippen LogP contribution in [0.1, 0.15) is 53.4 Å². The molecule has 0 amide bonds. The average molecular weight is 743 g/mol. The molecule has 0 heterocycles. The maximum atomic E-state index is 6.20. The van der Waals surface area contributed by atoms with Gasteiger partial charge >= 0.3 is 0 Å². The summed E-state index contributed by atoms with van der Waals surface area (Å²) in [6, 6.07) is 15.6. The third kappa shape index (κ3) is 14.9. The lowest BCUT2D eigenvalue weighted by Crippen LogP contribution is -2.33. The molecule has 2 rings (SSSR count). The first-order valence-electron chi connectivity index (χ1n) is 14.6. The topological polar surface area (TPSA) is 132 Å². The summed E-state index contributed by atoms with van der Waals surface area (Å²) in [5.41, 5.74) is 14.1. The molecule has 0 spiro atoms. The van der Waals surface area contributed by atoms with Gasteiger partial charge in [-0.05, 0) is 89.1 Å². The minimum atomic E-state index is 0. The van der Waals surface area contributed by atoms with Crippen molar-refractivity contribution in [3.8, 4) is 0 Å². The number of hydrogen-bond donors (Lipinski definition) is 4. The van der Waals surface area contributed by atoms with Gasteiger partial charge in [0.25, 0.3) is 0 Å². The van der Waals surface area contributed by atoms with E-state index in [1.807, 2.05) is 48.5 Å². The Morgan fingerprint density at radius 2 is 0.930 bits per heavy atom. The maximum Gasteiger partial charge on any atom is 0.223 e. The van der Waals surface area contributed by atoms with Gasteiger partial charge in [0.15, 0.2) is 0 Å². The number of aliphatic imine (C=N–C) groups is 4. The number of unbranched alkanes of at least 4 members (excludes halogenated alkanes) is 3. The number of guanidine groups is 4. The van der Waals surface area contributed by atoms with Gasteiger partial charge in [0.2, 0.25) is 23.8 Å². The van der Waals surface area contributed by atoms with Crippen molar-refractivity contribution in [2.75, 3.05) is 49.9 Å². The molecular formula is C30H47Br2ClN10. The number of nitrogens with two attached hydrogens (primary N) is 2. The number of nitrogens with one attached hydrogen (secondary N) is 2. The van der Waals surface area contributed by atoms with Crippen LogP contribution in [0.3, 0.4) is 0 Å². The first-order chi connectivity index (χ1) is 20.3. The number of benzene rings is 2. The Bertz CT molecular complexity index is 1080. The molecule has 13 heteroatoms. The lowest BCUT2D eigenvalue weighted by molar-refractivity contribution is 0.457. The minimum Gasteiger partial charge on any atom is -0.369 e. The molecule has 2 aromatic rings. The summed E-state index contributed by atoms with van der Waals surface area (Å²) < 4.78 is 2.02. The van der Waals surface area contributed by atoms with Crippen LogP contribution in [0.4, 0.5) is 11.4 Å². The summed E-state index contributed by atoms with van der Waals surface area (Å²) in [5.74, 6) is 1.95. The van der Waals surface area contributed by atoms with Crippen molar-refractivity contribution in [2.45, 2.75) is 53.4 Å². The number of nitrogens with zero attached hydrogens (tertiary/aromatic N) is 6. The molecule has 0 aromatic heterocycles. The molecule has 0 fully saturated rings. The van der Waals surface area contributed by atoms with Crippen LogP contribution in [0, 0.1) is 0 Å². The minimum absolute atomic E-state index is 0. The van der Waals surface area contributed by atoms with Crippen molar-refractivity contribution in [3.05, 3.63) is 57.5 Å². The molecule has 0 aliphatic rings. The highest BCUT2D eigenvalue weighted by Gasteiger charge is 2.09. The van der Waals surface area contributed by atoms with Crippen LogP contribution in [0.15, 0.2) is 77.4 Å². The van der Waals surface area contributed by atoms with E-state index in [4.69, 9.17) is 21.5 Å². The summed E-state index contributed by atoms with van der Waals surface area (Å²) in [4.78, 5) is 22.9. The van der Waals surface area contributed by atoms with E-state index in [2.05, 4.69) is 90.0 Å². The fraction of sp³-hybridized carbons (Fsp3) is 0.467. The van der Waals surface area contributed by atoms with Gasteiger partial charge in [0.05, 0.1) is 0 Å². The average Bonchev–Trinajstić information content (AvgIpc) is 2.97. The van der Waals surface area contributed by atoms with Crippen molar-refractivity contribution >= 4 is 79.5 Å². The number of anilines is 2. The molecule has 0 aliphatic heterocycles. The second kappa shape index (κ2) is 21.8. The monoisotopic (exact) mass is 740 g/mol. The zero-order valence-electron chi connectivity index (χ0n) is 25.7. The molecule has 6 N–H and O–H groups in total. The molecule has 0 radical (unpaired) electrons. The molecule has 0 aliphatic carbocycles. The van der Waals surface area contributed by atoms with Crippen molar-refractivity contribution in [2.24, 2.45) is 31.4 Å². The first kappa shape index (κ1) is 38.2. The Kier molecular flexibility index (Phi) is 19.4. The molecule has 2 aromatic carbocycles. The maximum absolute atomic E-state index is 6.20. The molecule has 0 atom stereocenters. The SMILES string of the molecule is CCN(CC)C(=NCCCCCCN=C(/N=C(/N)Nc1ccc(Br)cc1)N(CC)CC)/N=C(/N)Nc1ccc(Br)cc1.Cl. The van der Waals surface area contributed by atoms with E-state index in [9.17, 15) is 0 Å². The van der Waals surface area contributed by atoms with E-state index >= 15 is 0 Å². The lowest BCUT2D eigenvalue weighted by Gasteiger charge is -2.20. The highest BCUT2D eigenvalue weighted by molar-refractivity contribution is 9.10. The molecule has 0 bridgehead atoms. The quantitative estimate of drug-likeness (QED) is 0.102. The van der Waals surface area contributed by atoms with Crippen LogP contribution in [-0.4, -0.2) is 72.9 Å². The third-order valence-electron chi connectivity index (χ3n) is 6.34. The summed E-state index contributed by atoms with van der Waals surface area (Å²) in [7, 11) is 0. The predicted molar refractivity (Wildman–Crippen MR) is 195 cm³/mol. The van der Waals surface area contributed by atoms with E-state index in [0.29, 0.717) is 36.9 Å². The van der Waals surface area contributed by atoms with Crippen LogP contribution in [-0.2, 0) is 0 Å². The first-order valence-corrected chi connectivity index (χ1v) is 16.2. The predicted octanol–water partition coefficient (Wildman–Crippen LogP) is 6.74. The fourth-order valence-electron chi connectivity index (χ4n) is 3.99. The lowest BCUT2D eigenvalue weighted by atomic mass is 10.2. The fourth-order valence-corrected chi connectivity index (χ4v) is 4.52. The van der Waals surface area contributed by atoms with E-state index in [-0.39, 0.29) is 12.4 Å². The molecular weight excluding hydrogens is 696 g/mol. The van der Waals surface area contributed by atoms with Gasteiger partial charge in [0.1, 0.15) is 0 Å². The number of halogens is 3. The zero-order chi connectivity index (χ0) is 30.7. The second-order valence-electron chi connectivity index (χ2n) is 9.38. The zero-order valence-corrected chi connectivity index (χ0v) is 29.7. The van der Waals surface area contributed by atoms with Crippen molar-refractivity contribution in [3.63, 3.8) is 0 Å². The van der Waals surface area contributed by atoms with E-state index in [0.717, 1.165) is 72.2 Å². The Balaban J connectivity index is 0.00000924. The summed E-state index contributed by atoms with van der Waals surface area (Å²) in [5, 5.41) is 6.28.